The molecule has 0 radical (unpaired) electrons. The molecule has 0 fully saturated rings. The zero-order valence-electron chi connectivity index (χ0n) is 60.4. The summed E-state index contributed by atoms with van der Waals surface area (Å²) in [6, 6.07) is 21.3. The quantitative estimate of drug-likeness (QED) is 0.243. The Hall–Kier alpha value is -1.60. The molecule has 2 aromatic carbocycles. The molecular weight excluding hydrogens is 917 g/mol. The summed E-state index contributed by atoms with van der Waals surface area (Å²) in [4.78, 5) is 0. The van der Waals surface area contributed by atoms with E-state index in [0.29, 0.717) is 54.1 Å². The second-order valence-corrected chi connectivity index (χ2v) is 35.5. The standard InChI is InChI=1S/2C11H16.2C10H22.2C9H20.C8H18.C7H16O/c2*1-11(2,3)9-10-7-5-4-6-8-10;1-8(9(2,3)4)10(5,6)7;1-6-9(7-2)8-10(3,4)5;1-8(2,3)7-9(4,5)6;1-7(2)8(3)9(4,5)6;1-7(2)6-8(3,4)5;1-7(2,3)5-6-8-4/h2*4-8H,9H2,1-3H3;8H,1-7H3;9H,6-8H2,1-5H3;7H2,1-6H3;7-8H,1-6H3;7H,6H2,1-5H3;5-6H2,1-4H3. The minimum atomic E-state index is 0.404. The molecule has 0 aliphatic carbocycles. The van der Waals surface area contributed by atoms with E-state index in [9.17, 15) is 0 Å². The van der Waals surface area contributed by atoms with Gasteiger partial charge in [0.25, 0.3) is 0 Å². The fourth-order valence-corrected chi connectivity index (χ4v) is 9.38. The lowest BCUT2D eigenvalue weighted by Gasteiger charge is -2.38. The van der Waals surface area contributed by atoms with E-state index in [1.807, 2.05) is 0 Å². The van der Waals surface area contributed by atoms with Crippen molar-refractivity contribution in [3.8, 4) is 0 Å². The van der Waals surface area contributed by atoms with Gasteiger partial charge in [0.15, 0.2) is 0 Å². The molecule has 0 N–H and O–H groups in total. The average Bonchev–Trinajstić information content (AvgIpc) is 3.16. The summed E-state index contributed by atoms with van der Waals surface area (Å²) in [7, 11) is 1.74. The Morgan fingerprint density at radius 2 is 0.671 bits per heavy atom. The molecule has 0 spiro atoms. The molecule has 1 atom stereocenters. The second kappa shape index (κ2) is 38.9. The van der Waals surface area contributed by atoms with E-state index >= 15 is 0 Å². The van der Waals surface area contributed by atoms with Crippen LogP contribution in [0.2, 0.25) is 0 Å². The summed E-state index contributed by atoms with van der Waals surface area (Å²) >= 11 is 0. The van der Waals surface area contributed by atoms with E-state index in [-0.39, 0.29) is 0 Å². The van der Waals surface area contributed by atoms with Gasteiger partial charge in [0.2, 0.25) is 0 Å². The summed E-state index contributed by atoms with van der Waals surface area (Å²) in [5, 5.41) is 0. The molecule has 0 saturated heterocycles. The van der Waals surface area contributed by atoms with Crippen molar-refractivity contribution in [2.75, 3.05) is 13.7 Å². The van der Waals surface area contributed by atoms with Crippen molar-refractivity contribution in [1.29, 1.82) is 0 Å². The molecular formula is C75H150O. The Morgan fingerprint density at radius 1 is 0.368 bits per heavy atom. The maximum atomic E-state index is 4.92. The summed E-state index contributed by atoms with van der Waals surface area (Å²) in [5.41, 5.74) is 7.48. The Bertz CT molecular complexity index is 1470. The molecule has 1 heteroatoms. The smallest absolute Gasteiger partial charge is 0.0467 e. The van der Waals surface area contributed by atoms with Gasteiger partial charge in [0.05, 0.1) is 0 Å². The van der Waals surface area contributed by atoms with Crippen LogP contribution in [0.15, 0.2) is 60.7 Å². The predicted octanol–water partition coefficient (Wildman–Crippen LogP) is 26.1. The number of benzene rings is 2. The summed E-state index contributed by atoms with van der Waals surface area (Å²) in [5.74, 6) is 4.18. The minimum Gasteiger partial charge on any atom is -0.385 e. The van der Waals surface area contributed by atoms with Crippen LogP contribution in [0.25, 0.3) is 0 Å². The molecule has 0 aliphatic heterocycles. The molecule has 0 aliphatic rings. The van der Waals surface area contributed by atoms with E-state index in [0.717, 1.165) is 55.5 Å². The number of rotatable bonds is 9. The zero-order valence-corrected chi connectivity index (χ0v) is 60.4. The third-order valence-electron chi connectivity index (χ3n) is 13.3. The van der Waals surface area contributed by atoms with Crippen LogP contribution in [-0.4, -0.2) is 13.7 Å². The Balaban J connectivity index is -0.000000185. The lowest BCUT2D eigenvalue weighted by Crippen LogP contribution is -2.29. The van der Waals surface area contributed by atoms with E-state index in [2.05, 4.69) is 324 Å². The van der Waals surface area contributed by atoms with Crippen LogP contribution in [0, 0.1) is 83.7 Å². The van der Waals surface area contributed by atoms with Crippen molar-refractivity contribution < 1.29 is 4.74 Å². The molecule has 0 bridgehead atoms. The monoisotopic (exact) mass is 1070 g/mol. The summed E-state index contributed by atoms with van der Waals surface area (Å²) in [6.45, 7) is 87.8. The minimum absolute atomic E-state index is 0.404. The van der Waals surface area contributed by atoms with Crippen molar-refractivity contribution in [2.45, 2.75) is 314 Å². The topological polar surface area (TPSA) is 9.23 Å². The van der Waals surface area contributed by atoms with E-state index in [4.69, 9.17) is 4.74 Å². The SMILES string of the molecule is CC(C(C)(C)C)C(C)(C)C.CC(C)(C)CC(C)(C)C.CC(C)(C)Cc1ccccc1.CC(C)(C)Cc1ccccc1.CC(C)C(C)C(C)(C)C.CC(C)CC(C)(C)C.CCC(CC)CC(C)(C)C.COCCC(C)(C)C. The van der Waals surface area contributed by atoms with Gasteiger partial charge >= 0.3 is 0 Å². The first-order chi connectivity index (χ1) is 33.3. The third-order valence-corrected chi connectivity index (χ3v) is 13.3. The molecule has 0 heterocycles. The van der Waals surface area contributed by atoms with Crippen LogP contribution < -0.4 is 0 Å². The second-order valence-electron chi connectivity index (χ2n) is 35.5. The third kappa shape index (κ3) is 72.4. The fraction of sp³-hybridized carbons (Fsp3) is 0.840. The average molecular weight is 1070 g/mol. The number of ether oxygens (including phenoxy) is 1. The van der Waals surface area contributed by atoms with Crippen molar-refractivity contribution in [3.63, 3.8) is 0 Å². The zero-order chi connectivity index (χ0) is 62.2. The number of hydrogen-bond acceptors (Lipinski definition) is 1. The first-order valence-electron chi connectivity index (χ1n) is 30.9. The molecule has 76 heavy (non-hydrogen) atoms. The van der Waals surface area contributed by atoms with Crippen LogP contribution in [0.3, 0.4) is 0 Å². The molecule has 1 nitrogen and oxygen atoms in total. The maximum Gasteiger partial charge on any atom is 0.0467 e. The van der Waals surface area contributed by atoms with Gasteiger partial charge in [-0.25, -0.2) is 0 Å². The van der Waals surface area contributed by atoms with Crippen LogP contribution >= 0.6 is 0 Å². The van der Waals surface area contributed by atoms with Crippen LogP contribution in [0.1, 0.15) is 313 Å². The van der Waals surface area contributed by atoms with Crippen molar-refractivity contribution in [3.05, 3.63) is 71.8 Å². The van der Waals surface area contributed by atoms with Crippen LogP contribution in [0.4, 0.5) is 0 Å². The highest BCUT2D eigenvalue weighted by Gasteiger charge is 2.30. The Morgan fingerprint density at radius 3 is 0.763 bits per heavy atom. The van der Waals surface area contributed by atoms with Gasteiger partial charge in [-0.1, -0.05) is 337 Å². The predicted molar refractivity (Wildman–Crippen MR) is 357 cm³/mol. The molecule has 0 aromatic heterocycles. The van der Waals surface area contributed by atoms with Gasteiger partial charge in [-0.3, -0.25) is 0 Å². The highest BCUT2D eigenvalue weighted by atomic mass is 16.5. The van der Waals surface area contributed by atoms with Gasteiger partial charge in [-0.2, -0.15) is 0 Å². The molecule has 2 aromatic rings. The van der Waals surface area contributed by atoms with Gasteiger partial charge in [0, 0.05) is 13.7 Å². The van der Waals surface area contributed by atoms with Gasteiger partial charge in [0.1, 0.15) is 0 Å². The first kappa shape index (κ1) is 85.7. The summed E-state index contributed by atoms with van der Waals surface area (Å²) < 4.78 is 4.92. The molecule has 0 saturated carbocycles. The lowest BCUT2D eigenvalue weighted by molar-refractivity contribution is 0.121. The van der Waals surface area contributed by atoms with E-state index in [1.54, 1.807) is 7.11 Å². The van der Waals surface area contributed by atoms with Gasteiger partial charge < -0.3 is 4.74 Å². The maximum absolute atomic E-state index is 4.92. The normalized spacial score (nSPS) is 13.1. The number of hydrogen-bond donors (Lipinski definition) is 0. The lowest BCUT2D eigenvalue weighted by atomic mass is 9.68. The Labute approximate surface area is 486 Å². The van der Waals surface area contributed by atoms with Crippen LogP contribution in [0.5, 0.6) is 0 Å². The largest absolute Gasteiger partial charge is 0.385 e. The molecule has 1 unspecified atom stereocenters. The van der Waals surface area contributed by atoms with Gasteiger partial charge in [-0.15, -0.1) is 0 Å². The van der Waals surface area contributed by atoms with E-state index in [1.165, 1.54) is 43.2 Å². The number of methoxy groups -OCH3 is 1. The van der Waals surface area contributed by atoms with Crippen LogP contribution in [-0.2, 0) is 17.6 Å². The first-order valence-corrected chi connectivity index (χ1v) is 30.9. The molecule has 0 amide bonds. The van der Waals surface area contributed by atoms with E-state index < -0.39 is 0 Å². The Kier molecular flexibility index (Phi) is 43.9. The highest BCUT2D eigenvalue weighted by molar-refractivity contribution is 5.16. The summed E-state index contributed by atoms with van der Waals surface area (Å²) in [6.07, 6.45) is 10.1. The molecule has 456 valence electrons. The van der Waals surface area contributed by atoms with Gasteiger partial charge in [-0.05, 0) is 133 Å². The van der Waals surface area contributed by atoms with Crippen molar-refractivity contribution in [1.82, 2.24) is 0 Å². The van der Waals surface area contributed by atoms with Crippen molar-refractivity contribution >= 4 is 0 Å². The fourth-order valence-electron chi connectivity index (χ4n) is 9.38. The molecule has 2 rings (SSSR count). The van der Waals surface area contributed by atoms with Crippen molar-refractivity contribution in [2.24, 2.45) is 83.7 Å². The highest BCUT2D eigenvalue weighted by Crippen LogP contribution is 2.39.